The predicted octanol–water partition coefficient (Wildman–Crippen LogP) is 4.11. The minimum absolute atomic E-state index is 0.0338. The monoisotopic (exact) mass is 421 g/mol. The van der Waals surface area contributed by atoms with Gasteiger partial charge in [0.1, 0.15) is 11.4 Å². The van der Waals surface area contributed by atoms with Gasteiger partial charge in [0.05, 0.1) is 12.0 Å². The number of carbonyl (C=O) groups is 1. The summed E-state index contributed by atoms with van der Waals surface area (Å²) in [4.78, 5) is 13.2. The Bertz CT molecular complexity index is 1280. The van der Waals surface area contributed by atoms with Gasteiger partial charge >= 0.3 is 0 Å². The van der Waals surface area contributed by atoms with Gasteiger partial charge in [-0.2, -0.15) is 0 Å². The number of Topliss-reactive ketones (excluding diaryl/α,β-unsaturated/α-hetero) is 1. The van der Waals surface area contributed by atoms with Gasteiger partial charge in [-0.3, -0.25) is 9.10 Å². The molecule has 3 aromatic carbocycles. The fourth-order valence-electron chi connectivity index (χ4n) is 3.44. The molecule has 0 radical (unpaired) electrons. The van der Waals surface area contributed by atoms with Crippen molar-refractivity contribution in [1.29, 1.82) is 0 Å². The highest BCUT2D eigenvalue weighted by Crippen LogP contribution is 2.36. The fraction of sp³-hybridized carbons (Fsp3) is 0.0870. The highest BCUT2D eigenvalue weighted by molar-refractivity contribution is 7.89. The molecule has 30 heavy (non-hydrogen) atoms. The van der Waals surface area contributed by atoms with Crippen molar-refractivity contribution in [3.05, 3.63) is 89.6 Å². The van der Waals surface area contributed by atoms with Gasteiger partial charge in [-0.25, -0.2) is 8.42 Å². The average molecular weight is 421 g/mol. The number of fused-ring (bicyclic) bond motifs is 1. The van der Waals surface area contributed by atoms with Crippen LogP contribution in [0.3, 0.4) is 0 Å². The second-order valence-electron chi connectivity index (χ2n) is 6.80. The Morgan fingerprint density at radius 1 is 0.933 bits per heavy atom. The third kappa shape index (κ3) is 3.13. The van der Waals surface area contributed by atoms with Crippen LogP contribution in [0.1, 0.15) is 15.9 Å². The Morgan fingerprint density at radius 3 is 2.33 bits per heavy atom. The predicted molar refractivity (Wildman–Crippen MR) is 114 cm³/mol. The third-order valence-electron chi connectivity index (χ3n) is 5.08. The molecular weight excluding hydrogens is 402 g/mol. The maximum absolute atomic E-state index is 13.3. The van der Waals surface area contributed by atoms with Gasteiger partial charge in [-0.05, 0) is 41.5 Å². The molecule has 0 saturated carbocycles. The molecule has 7 heteroatoms. The van der Waals surface area contributed by atoms with Crippen molar-refractivity contribution in [3.8, 4) is 16.9 Å². The number of aliphatic hydroxyl groups is 1. The first-order valence-corrected chi connectivity index (χ1v) is 10.6. The Hall–Kier alpha value is -3.58. The molecule has 0 unspecified atom stereocenters. The van der Waals surface area contributed by atoms with Crippen LogP contribution in [0.25, 0.3) is 16.9 Å². The van der Waals surface area contributed by atoms with Crippen LogP contribution < -0.4 is 4.74 Å². The fourth-order valence-corrected chi connectivity index (χ4v) is 4.84. The summed E-state index contributed by atoms with van der Waals surface area (Å²) in [6, 6.07) is 20.3. The highest BCUT2D eigenvalue weighted by atomic mass is 32.2. The number of nitrogens with zero attached hydrogens (tertiary/aromatic N) is 1. The van der Waals surface area contributed by atoms with Crippen molar-refractivity contribution in [3.63, 3.8) is 0 Å². The number of allylic oxidation sites excluding steroid dienone is 1. The molecule has 0 atom stereocenters. The van der Waals surface area contributed by atoms with Crippen LogP contribution in [0.2, 0.25) is 0 Å². The van der Waals surface area contributed by atoms with E-state index in [4.69, 9.17) is 4.74 Å². The van der Waals surface area contributed by atoms with Crippen LogP contribution in [0.4, 0.5) is 0 Å². The van der Waals surface area contributed by atoms with Crippen molar-refractivity contribution >= 4 is 21.6 Å². The molecule has 1 aliphatic rings. The van der Waals surface area contributed by atoms with Crippen LogP contribution in [-0.2, 0) is 10.0 Å². The summed E-state index contributed by atoms with van der Waals surface area (Å²) in [5, 5.41) is 10.7. The molecule has 0 fully saturated rings. The normalized spacial score (nSPS) is 14.9. The van der Waals surface area contributed by atoms with Crippen molar-refractivity contribution < 1.29 is 23.1 Å². The molecule has 1 heterocycles. The summed E-state index contributed by atoms with van der Waals surface area (Å²) < 4.78 is 31.7. The first kappa shape index (κ1) is 19.7. The van der Waals surface area contributed by atoms with E-state index in [0.29, 0.717) is 5.75 Å². The van der Waals surface area contributed by atoms with E-state index in [-0.39, 0.29) is 27.5 Å². The van der Waals surface area contributed by atoms with Gasteiger partial charge < -0.3 is 9.84 Å². The van der Waals surface area contributed by atoms with Crippen LogP contribution in [0.5, 0.6) is 5.75 Å². The molecule has 3 aromatic rings. The Labute approximate surface area is 174 Å². The van der Waals surface area contributed by atoms with Gasteiger partial charge in [-0.1, -0.05) is 42.5 Å². The number of methoxy groups -OCH3 is 1. The minimum atomic E-state index is -3.95. The van der Waals surface area contributed by atoms with Gasteiger partial charge in [0, 0.05) is 18.2 Å². The second-order valence-corrected chi connectivity index (χ2v) is 8.74. The topological polar surface area (TPSA) is 83.9 Å². The van der Waals surface area contributed by atoms with E-state index in [2.05, 4.69) is 0 Å². The van der Waals surface area contributed by atoms with Gasteiger partial charge in [-0.15, -0.1) is 0 Å². The van der Waals surface area contributed by atoms with Crippen LogP contribution in [-0.4, -0.2) is 37.8 Å². The summed E-state index contributed by atoms with van der Waals surface area (Å²) in [6.07, 6.45) is 0. The lowest BCUT2D eigenvalue weighted by Gasteiger charge is -2.28. The third-order valence-corrected chi connectivity index (χ3v) is 6.90. The molecule has 0 spiro atoms. The van der Waals surface area contributed by atoms with Crippen molar-refractivity contribution in [1.82, 2.24) is 4.31 Å². The Kier molecular flexibility index (Phi) is 4.83. The van der Waals surface area contributed by atoms with E-state index in [1.165, 1.54) is 19.2 Å². The number of sulfonamides is 1. The number of rotatable bonds is 4. The molecule has 0 saturated heterocycles. The first-order chi connectivity index (χ1) is 14.3. The van der Waals surface area contributed by atoms with Crippen molar-refractivity contribution in [2.24, 2.45) is 0 Å². The number of aliphatic hydroxyl groups excluding tert-OH is 1. The average Bonchev–Trinajstić information content (AvgIpc) is 2.78. The van der Waals surface area contributed by atoms with E-state index < -0.39 is 15.8 Å². The number of ether oxygens (including phenoxy) is 1. The lowest BCUT2D eigenvalue weighted by molar-refractivity contribution is 0.101. The van der Waals surface area contributed by atoms with E-state index in [1.807, 2.05) is 30.3 Å². The second kappa shape index (κ2) is 7.35. The van der Waals surface area contributed by atoms with Crippen molar-refractivity contribution in [2.75, 3.05) is 14.2 Å². The van der Waals surface area contributed by atoms with Crippen LogP contribution in [0.15, 0.2) is 83.4 Å². The largest absolute Gasteiger partial charge is 0.505 e. The molecule has 6 nitrogen and oxygen atoms in total. The molecule has 0 aromatic heterocycles. The maximum atomic E-state index is 13.3. The molecule has 1 aliphatic heterocycles. The van der Waals surface area contributed by atoms with E-state index in [1.54, 1.807) is 37.4 Å². The summed E-state index contributed by atoms with van der Waals surface area (Å²) in [7, 11) is -1.09. The molecule has 0 amide bonds. The number of likely N-dealkylation sites (N-methyl/N-ethyl adjacent to an activating group) is 1. The Balaban J connectivity index is 1.80. The van der Waals surface area contributed by atoms with Gasteiger partial charge in [0.25, 0.3) is 10.0 Å². The lowest BCUT2D eigenvalue weighted by Crippen LogP contribution is -2.35. The zero-order chi connectivity index (χ0) is 21.5. The van der Waals surface area contributed by atoms with Gasteiger partial charge in [0.15, 0.2) is 5.76 Å². The SMILES string of the molecule is COc1ccc(-c2cccc(C(=O)C3=C(O)c4ccccc4S(=O)(=O)N3C)c2)cc1. The zero-order valence-corrected chi connectivity index (χ0v) is 17.2. The quantitative estimate of drug-likeness (QED) is 0.641. The number of hydrogen-bond acceptors (Lipinski definition) is 5. The molecule has 1 N–H and O–H groups in total. The van der Waals surface area contributed by atoms with Crippen LogP contribution >= 0.6 is 0 Å². The summed E-state index contributed by atoms with van der Waals surface area (Å²) in [5.41, 5.74) is 1.76. The standard InChI is InChI=1S/C23H19NO5S/c1-24-21(23(26)19-8-3-4-9-20(19)30(24,27)28)22(25)17-7-5-6-16(14-17)15-10-12-18(29-2)13-11-15/h3-14,26H,1-2H3. The zero-order valence-electron chi connectivity index (χ0n) is 16.4. The highest BCUT2D eigenvalue weighted by Gasteiger charge is 2.37. The van der Waals surface area contributed by atoms with E-state index in [0.717, 1.165) is 15.4 Å². The molecular formula is C23H19NO5S. The lowest BCUT2D eigenvalue weighted by atomic mass is 9.99. The molecule has 0 aliphatic carbocycles. The number of benzene rings is 3. The smallest absolute Gasteiger partial charge is 0.265 e. The number of hydrogen-bond donors (Lipinski definition) is 1. The summed E-state index contributed by atoms with van der Waals surface area (Å²) >= 11 is 0. The van der Waals surface area contributed by atoms with Crippen LogP contribution in [0, 0.1) is 0 Å². The minimum Gasteiger partial charge on any atom is -0.505 e. The number of carbonyl (C=O) groups excluding carboxylic acids is 1. The van der Waals surface area contributed by atoms with Gasteiger partial charge in [0.2, 0.25) is 5.78 Å². The van der Waals surface area contributed by atoms with E-state index in [9.17, 15) is 18.3 Å². The summed E-state index contributed by atoms with van der Waals surface area (Å²) in [5.74, 6) is -0.222. The molecule has 4 rings (SSSR count). The molecule has 152 valence electrons. The molecule has 0 bridgehead atoms. The van der Waals surface area contributed by atoms with E-state index >= 15 is 0 Å². The first-order valence-electron chi connectivity index (χ1n) is 9.15. The Morgan fingerprint density at radius 2 is 1.63 bits per heavy atom. The maximum Gasteiger partial charge on any atom is 0.265 e. The number of ketones is 1. The summed E-state index contributed by atoms with van der Waals surface area (Å²) in [6.45, 7) is 0. The van der Waals surface area contributed by atoms with Crippen molar-refractivity contribution in [2.45, 2.75) is 4.90 Å².